The molecule has 0 aromatic heterocycles. The van der Waals surface area contributed by atoms with Gasteiger partial charge in [0.15, 0.2) is 0 Å². The van der Waals surface area contributed by atoms with Crippen LogP contribution in [0, 0.1) is 17.8 Å². The zero-order valence-electron chi connectivity index (χ0n) is 11.4. The molecule has 0 aromatic carbocycles. The van der Waals surface area contributed by atoms with E-state index in [4.69, 9.17) is 5.11 Å². The molecule has 0 radical (unpaired) electrons. The van der Waals surface area contributed by atoms with Gasteiger partial charge in [-0.1, -0.05) is 13.8 Å². The van der Waals surface area contributed by atoms with Crippen LogP contribution in [0.4, 0.5) is 18.0 Å². The molecule has 20 heavy (non-hydrogen) atoms. The Morgan fingerprint density at radius 2 is 1.95 bits per heavy atom. The molecular formula is C12H19F3N2O3. The van der Waals surface area contributed by atoms with Crippen LogP contribution in [0.25, 0.3) is 0 Å². The predicted octanol–water partition coefficient (Wildman–Crippen LogP) is 1.94. The molecule has 2 N–H and O–H groups in total. The lowest BCUT2D eigenvalue weighted by atomic mass is 9.96. The minimum absolute atomic E-state index is 0.363. The maximum Gasteiger partial charge on any atom is 0.394 e. The summed E-state index contributed by atoms with van der Waals surface area (Å²) in [6.45, 7) is 3.27. The van der Waals surface area contributed by atoms with Crippen LogP contribution in [-0.2, 0) is 4.79 Å². The fraction of sp³-hybridized carbons (Fsp3) is 0.833. The molecule has 0 saturated carbocycles. The molecule has 1 aliphatic rings. The molecule has 0 aliphatic carbocycles. The van der Waals surface area contributed by atoms with E-state index >= 15 is 0 Å². The second kappa shape index (κ2) is 6.32. The number of rotatable bonds is 4. The van der Waals surface area contributed by atoms with Gasteiger partial charge in [-0.15, -0.1) is 0 Å². The van der Waals surface area contributed by atoms with Gasteiger partial charge in [-0.2, -0.15) is 13.2 Å². The number of carbonyl (C=O) groups excluding carboxylic acids is 1. The highest BCUT2D eigenvalue weighted by Crippen LogP contribution is 2.37. The minimum Gasteiger partial charge on any atom is -0.481 e. The lowest BCUT2D eigenvalue weighted by Crippen LogP contribution is -2.40. The average molecular weight is 296 g/mol. The lowest BCUT2D eigenvalue weighted by Gasteiger charge is -2.19. The molecule has 0 spiro atoms. The Hall–Kier alpha value is -1.47. The van der Waals surface area contributed by atoms with Crippen LogP contribution in [0.1, 0.15) is 20.3 Å². The van der Waals surface area contributed by atoms with E-state index < -0.39 is 43.1 Å². The third-order valence-corrected chi connectivity index (χ3v) is 3.34. The Morgan fingerprint density at radius 1 is 1.35 bits per heavy atom. The Labute approximate surface area is 115 Å². The van der Waals surface area contributed by atoms with Gasteiger partial charge >= 0.3 is 18.2 Å². The topological polar surface area (TPSA) is 69.6 Å². The number of carbonyl (C=O) groups is 2. The Balaban J connectivity index is 2.61. The number of hydrogen-bond donors (Lipinski definition) is 2. The number of halogens is 3. The van der Waals surface area contributed by atoms with E-state index in [1.807, 2.05) is 13.8 Å². The number of aliphatic carboxylic acids is 1. The number of carboxylic acids is 1. The number of amides is 2. The van der Waals surface area contributed by atoms with Crippen molar-refractivity contribution in [3.8, 4) is 0 Å². The summed E-state index contributed by atoms with van der Waals surface area (Å²) in [6, 6.07) is -0.636. The van der Waals surface area contributed by atoms with E-state index in [2.05, 4.69) is 5.32 Å². The number of hydrogen-bond acceptors (Lipinski definition) is 2. The quantitative estimate of drug-likeness (QED) is 0.833. The van der Waals surface area contributed by atoms with Crippen LogP contribution in [-0.4, -0.2) is 47.8 Å². The summed E-state index contributed by atoms with van der Waals surface area (Å²) in [5, 5.41) is 11.4. The number of alkyl halides is 3. The van der Waals surface area contributed by atoms with E-state index in [1.165, 1.54) is 0 Å². The fourth-order valence-corrected chi connectivity index (χ4v) is 2.13. The summed E-state index contributed by atoms with van der Waals surface area (Å²) in [5.74, 6) is -4.75. The van der Waals surface area contributed by atoms with E-state index in [1.54, 1.807) is 0 Å². The van der Waals surface area contributed by atoms with Crippen molar-refractivity contribution in [1.29, 1.82) is 0 Å². The van der Waals surface area contributed by atoms with Crippen LogP contribution in [0.15, 0.2) is 0 Å². The van der Waals surface area contributed by atoms with Crippen LogP contribution < -0.4 is 5.32 Å². The van der Waals surface area contributed by atoms with Crippen LogP contribution in [0.3, 0.4) is 0 Å². The number of likely N-dealkylation sites (tertiary alicyclic amines) is 1. The summed E-state index contributed by atoms with van der Waals surface area (Å²) >= 11 is 0. The van der Waals surface area contributed by atoms with E-state index in [0.29, 0.717) is 18.9 Å². The highest BCUT2D eigenvalue weighted by Gasteiger charge is 2.53. The first-order chi connectivity index (χ1) is 9.12. The molecule has 0 unspecified atom stereocenters. The zero-order chi connectivity index (χ0) is 15.5. The van der Waals surface area contributed by atoms with Crippen molar-refractivity contribution in [1.82, 2.24) is 10.2 Å². The van der Waals surface area contributed by atoms with Crippen LogP contribution in [0.5, 0.6) is 0 Å². The zero-order valence-corrected chi connectivity index (χ0v) is 11.4. The Kier molecular flexibility index (Phi) is 5.24. The SMILES string of the molecule is CC(C)CCNC(=O)N1C[C@@H](C(F)(F)F)[C@H](C(=O)O)C1. The first-order valence-electron chi connectivity index (χ1n) is 6.45. The van der Waals surface area contributed by atoms with Crippen LogP contribution in [0.2, 0.25) is 0 Å². The molecule has 1 fully saturated rings. The maximum absolute atomic E-state index is 12.7. The van der Waals surface area contributed by atoms with Gasteiger partial charge in [-0.25, -0.2) is 4.79 Å². The van der Waals surface area contributed by atoms with Crippen molar-refractivity contribution in [3.05, 3.63) is 0 Å². The normalized spacial score (nSPS) is 23.2. The van der Waals surface area contributed by atoms with Crippen molar-refractivity contribution in [2.75, 3.05) is 19.6 Å². The molecule has 8 heteroatoms. The van der Waals surface area contributed by atoms with Gasteiger partial charge in [0.2, 0.25) is 0 Å². The molecule has 116 valence electrons. The minimum atomic E-state index is -4.62. The average Bonchev–Trinajstić information content (AvgIpc) is 2.72. The Bertz CT molecular complexity index is 371. The monoisotopic (exact) mass is 296 g/mol. The third-order valence-electron chi connectivity index (χ3n) is 3.34. The van der Waals surface area contributed by atoms with Gasteiger partial charge in [-0.3, -0.25) is 4.79 Å². The van der Waals surface area contributed by atoms with Gasteiger partial charge in [0.25, 0.3) is 0 Å². The van der Waals surface area contributed by atoms with Crippen LogP contribution >= 0.6 is 0 Å². The number of carboxylic acid groups (broad SMARTS) is 1. The third kappa shape index (κ3) is 4.28. The molecular weight excluding hydrogens is 277 g/mol. The smallest absolute Gasteiger partial charge is 0.394 e. The first-order valence-corrected chi connectivity index (χ1v) is 6.45. The molecule has 1 heterocycles. The molecule has 1 aliphatic heterocycles. The number of urea groups is 1. The Morgan fingerprint density at radius 3 is 2.35 bits per heavy atom. The first kappa shape index (κ1) is 16.6. The van der Waals surface area contributed by atoms with Crippen molar-refractivity contribution in [2.24, 2.45) is 17.8 Å². The molecule has 0 bridgehead atoms. The molecule has 0 aromatic rings. The second-order valence-electron chi connectivity index (χ2n) is 5.41. The fourth-order valence-electron chi connectivity index (χ4n) is 2.13. The number of nitrogens with one attached hydrogen (secondary N) is 1. The summed E-state index contributed by atoms with van der Waals surface area (Å²) in [5.41, 5.74) is 0. The lowest BCUT2D eigenvalue weighted by molar-refractivity contribution is -0.187. The van der Waals surface area contributed by atoms with Gasteiger partial charge < -0.3 is 15.3 Å². The molecule has 1 saturated heterocycles. The molecule has 5 nitrogen and oxygen atoms in total. The van der Waals surface area contributed by atoms with Crippen molar-refractivity contribution in [3.63, 3.8) is 0 Å². The van der Waals surface area contributed by atoms with Gasteiger partial charge in [0.05, 0.1) is 11.8 Å². The highest BCUT2D eigenvalue weighted by atomic mass is 19.4. The van der Waals surface area contributed by atoms with Crippen molar-refractivity contribution < 1.29 is 27.9 Å². The second-order valence-corrected chi connectivity index (χ2v) is 5.41. The highest BCUT2D eigenvalue weighted by molar-refractivity contribution is 5.77. The summed E-state index contributed by atoms with van der Waals surface area (Å²) < 4.78 is 38.2. The summed E-state index contributed by atoms with van der Waals surface area (Å²) in [6.07, 6.45) is -3.90. The van der Waals surface area contributed by atoms with E-state index in [0.717, 1.165) is 4.90 Å². The van der Waals surface area contributed by atoms with Crippen molar-refractivity contribution >= 4 is 12.0 Å². The maximum atomic E-state index is 12.7. The molecule has 2 amide bonds. The molecule has 1 rings (SSSR count). The summed E-state index contributed by atoms with van der Waals surface area (Å²) in [7, 11) is 0. The predicted molar refractivity (Wildman–Crippen MR) is 65.1 cm³/mol. The van der Waals surface area contributed by atoms with E-state index in [9.17, 15) is 22.8 Å². The largest absolute Gasteiger partial charge is 0.481 e. The van der Waals surface area contributed by atoms with E-state index in [-0.39, 0.29) is 0 Å². The van der Waals surface area contributed by atoms with Gasteiger partial charge in [0, 0.05) is 19.6 Å². The van der Waals surface area contributed by atoms with Crippen molar-refractivity contribution in [2.45, 2.75) is 26.4 Å². The van der Waals surface area contributed by atoms with Gasteiger partial charge in [0.1, 0.15) is 0 Å². The standard InChI is InChI=1S/C12H19F3N2O3/c1-7(2)3-4-16-11(20)17-5-8(10(18)19)9(6-17)12(13,14)15/h7-9H,3-6H2,1-2H3,(H,16,20)(H,18,19)/t8-,9-/m1/s1. The molecule has 2 atom stereocenters. The summed E-state index contributed by atoms with van der Waals surface area (Å²) in [4.78, 5) is 23.5. The number of nitrogens with zero attached hydrogens (tertiary/aromatic N) is 1. The van der Waals surface area contributed by atoms with Gasteiger partial charge in [-0.05, 0) is 12.3 Å².